The Balaban J connectivity index is 1.55. The molecule has 2 amide bonds. The van der Waals surface area contributed by atoms with Crippen molar-refractivity contribution in [3.8, 4) is 6.07 Å². The second kappa shape index (κ2) is 11.8. The highest BCUT2D eigenvalue weighted by Gasteiger charge is 2.35. The van der Waals surface area contributed by atoms with Crippen molar-refractivity contribution in [2.45, 2.75) is 19.8 Å². The van der Waals surface area contributed by atoms with Crippen LogP contribution in [0.1, 0.15) is 23.3 Å². The lowest BCUT2D eigenvalue weighted by atomic mass is 9.86. The second-order valence-corrected chi connectivity index (χ2v) is 10.3. The van der Waals surface area contributed by atoms with Gasteiger partial charge in [-0.2, -0.15) is 5.26 Å². The highest BCUT2D eigenvalue weighted by molar-refractivity contribution is 8.03. The number of dihydropyridines is 1. The summed E-state index contributed by atoms with van der Waals surface area (Å²) in [7, 11) is 0. The number of amides is 2. The molecule has 11 heteroatoms. The van der Waals surface area contributed by atoms with Crippen LogP contribution in [0, 0.1) is 28.4 Å². The van der Waals surface area contributed by atoms with Gasteiger partial charge in [0.2, 0.25) is 5.91 Å². The molecule has 0 unspecified atom stereocenters. The molecule has 192 valence electrons. The Morgan fingerprint density at radius 1 is 1.11 bits per heavy atom. The van der Waals surface area contributed by atoms with Crippen LogP contribution in [-0.2, 0) is 9.59 Å². The molecule has 38 heavy (non-hydrogen) atoms. The summed E-state index contributed by atoms with van der Waals surface area (Å²) in [5, 5.41) is 32.2. The number of anilines is 2. The molecule has 1 aromatic heterocycles. The first kappa shape index (κ1) is 26.7. The highest BCUT2D eigenvalue weighted by atomic mass is 32.2. The molecule has 2 aromatic carbocycles. The maximum atomic E-state index is 13.5. The summed E-state index contributed by atoms with van der Waals surface area (Å²) in [6, 6.07) is 19.0. The van der Waals surface area contributed by atoms with Gasteiger partial charge in [0.05, 0.1) is 33.3 Å². The summed E-state index contributed by atoms with van der Waals surface area (Å²) in [4.78, 5) is 37.2. The lowest BCUT2D eigenvalue weighted by Crippen LogP contribution is -2.31. The zero-order valence-corrected chi connectivity index (χ0v) is 22.1. The third-order valence-corrected chi connectivity index (χ3v) is 7.78. The quantitative estimate of drug-likeness (QED) is 0.245. The molecule has 3 N–H and O–H groups in total. The number of hydrogen-bond donors (Lipinski definition) is 3. The van der Waals surface area contributed by atoms with Crippen LogP contribution in [0.2, 0.25) is 0 Å². The van der Waals surface area contributed by atoms with Crippen molar-refractivity contribution in [2.75, 3.05) is 16.4 Å². The van der Waals surface area contributed by atoms with Gasteiger partial charge in [0.15, 0.2) is 0 Å². The number of nitrogens with one attached hydrogen (secondary N) is 3. The molecule has 9 nitrogen and oxygen atoms in total. The standard InChI is InChI=1S/C27H23N5O4S2/c1-16-6-3-4-7-21(16)31-26(34)24-17(2)29-27(20(14-28)25(24)22-8-5-13-37-22)38-15-23(33)30-18-9-11-19(12-10-18)32(35)36/h3-13,25,29H,15H2,1-2H3,(H,30,33)(H,31,34)/t25-/m1/s1. The molecule has 4 rings (SSSR count). The predicted octanol–water partition coefficient (Wildman–Crippen LogP) is 5.67. The van der Waals surface area contributed by atoms with E-state index in [2.05, 4.69) is 22.0 Å². The summed E-state index contributed by atoms with van der Waals surface area (Å²) in [5.41, 5.74) is 3.33. The number of nitrogens with zero attached hydrogens (tertiary/aromatic N) is 2. The number of nitro groups is 1. The monoisotopic (exact) mass is 545 g/mol. The molecule has 0 spiro atoms. The Hall–Kier alpha value is -4.40. The summed E-state index contributed by atoms with van der Waals surface area (Å²) < 4.78 is 0. The first-order valence-electron chi connectivity index (χ1n) is 11.5. The van der Waals surface area contributed by atoms with Crippen LogP contribution < -0.4 is 16.0 Å². The van der Waals surface area contributed by atoms with Crippen molar-refractivity contribution in [2.24, 2.45) is 0 Å². The molecule has 2 heterocycles. The average molecular weight is 546 g/mol. The summed E-state index contributed by atoms with van der Waals surface area (Å²) in [6.07, 6.45) is 0. The van der Waals surface area contributed by atoms with Gasteiger partial charge in [-0.1, -0.05) is 36.0 Å². The normalized spacial score (nSPS) is 14.9. The highest BCUT2D eigenvalue weighted by Crippen LogP contribution is 2.42. The minimum Gasteiger partial charge on any atom is -0.353 e. The van der Waals surface area contributed by atoms with Crippen LogP contribution in [0.5, 0.6) is 0 Å². The Kier molecular flexibility index (Phi) is 8.25. The van der Waals surface area contributed by atoms with Crippen molar-refractivity contribution < 1.29 is 14.5 Å². The minimum atomic E-state index is -0.592. The number of nitro benzene ring substituents is 1. The molecule has 0 saturated heterocycles. The van der Waals surface area contributed by atoms with Gasteiger partial charge in [-0.05, 0) is 49.1 Å². The van der Waals surface area contributed by atoms with E-state index in [9.17, 15) is 25.0 Å². The largest absolute Gasteiger partial charge is 0.353 e. The zero-order valence-electron chi connectivity index (χ0n) is 20.5. The fraction of sp³-hybridized carbons (Fsp3) is 0.148. The number of thiophene rings is 1. The Bertz CT molecular complexity index is 1490. The molecule has 1 aliphatic rings. The van der Waals surface area contributed by atoms with E-state index in [0.29, 0.717) is 33.2 Å². The molecule has 0 radical (unpaired) electrons. The van der Waals surface area contributed by atoms with Crippen LogP contribution in [0.15, 0.2) is 87.9 Å². The van der Waals surface area contributed by atoms with Gasteiger partial charge in [-0.25, -0.2) is 0 Å². The number of non-ortho nitro benzene ring substituents is 1. The molecular weight excluding hydrogens is 522 g/mol. The SMILES string of the molecule is CC1=C(C(=O)Nc2ccccc2C)[C@@H](c2cccs2)C(C#N)=C(SCC(=O)Nc2ccc([N+](=O)[O-])cc2)N1. The van der Waals surface area contributed by atoms with Crippen LogP contribution in [0.4, 0.5) is 17.1 Å². The van der Waals surface area contributed by atoms with Crippen molar-refractivity contribution in [1.82, 2.24) is 5.32 Å². The van der Waals surface area contributed by atoms with Gasteiger partial charge in [0.25, 0.3) is 11.6 Å². The van der Waals surface area contributed by atoms with E-state index in [4.69, 9.17) is 0 Å². The lowest BCUT2D eigenvalue weighted by molar-refractivity contribution is -0.384. The van der Waals surface area contributed by atoms with Crippen molar-refractivity contribution in [3.63, 3.8) is 0 Å². The number of aryl methyl sites for hydroxylation is 1. The summed E-state index contributed by atoms with van der Waals surface area (Å²) in [5.74, 6) is -1.26. The summed E-state index contributed by atoms with van der Waals surface area (Å²) in [6.45, 7) is 3.68. The van der Waals surface area contributed by atoms with E-state index in [1.807, 2.05) is 48.7 Å². The van der Waals surface area contributed by atoms with Crippen molar-refractivity contribution in [1.29, 1.82) is 5.26 Å². The van der Waals surface area contributed by atoms with Crippen LogP contribution in [0.3, 0.4) is 0 Å². The van der Waals surface area contributed by atoms with E-state index in [0.717, 1.165) is 22.2 Å². The number of allylic oxidation sites excluding steroid dienone is 2. The van der Waals surface area contributed by atoms with E-state index in [1.54, 1.807) is 6.92 Å². The zero-order chi connectivity index (χ0) is 27.2. The van der Waals surface area contributed by atoms with Gasteiger partial charge in [-0.3, -0.25) is 19.7 Å². The fourth-order valence-electron chi connectivity index (χ4n) is 3.97. The van der Waals surface area contributed by atoms with Gasteiger partial charge in [0, 0.05) is 39.7 Å². The Labute approximate surface area is 227 Å². The number of nitriles is 1. The number of carbonyl (C=O) groups excluding carboxylic acids is 2. The Morgan fingerprint density at radius 2 is 1.84 bits per heavy atom. The predicted molar refractivity (Wildman–Crippen MR) is 150 cm³/mol. The molecule has 1 aliphatic heterocycles. The maximum absolute atomic E-state index is 13.5. The molecule has 3 aromatic rings. The molecular formula is C27H23N5O4S2. The number of hydrogen-bond acceptors (Lipinski definition) is 8. The van der Waals surface area contributed by atoms with E-state index >= 15 is 0 Å². The van der Waals surface area contributed by atoms with E-state index in [-0.39, 0.29) is 23.3 Å². The number of thioether (sulfide) groups is 1. The van der Waals surface area contributed by atoms with Crippen LogP contribution in [-0.4, -0.2) is 22.5 Å². The topological polar surface area (TPSA) is 137 Å². The maximum Gasteiger partial charge on any atom is 0.269 e. The first-order valence-corrected chi connectivity index (χ1v) is 13.3. The lowest BCUT2D eigenvalue weighted by Gasteiger charge is -2.29. The number of carbonyl (C=O) groups is 2. The summed E-state index contributed by atoms with van der Waals surface area (Å²) >= 11 is 2.60. The second-order valence-electron chi connectivity index (χ2n) is 8.38. The number of rotatable bonds is 8. The number of benzene rings is 2. The molecule has 0 saturated carbocycles. The van der Waals surface area contributed by atoms with Gasteiger partial charge in [0.1, 0.15) is 0 Å². The Morgan fingerprint density at radius 3 is 2.47 bits per heavy atom. The minimum absolute atomic E-state index is 0.0142. The van der Waals surface area contributed by atoms with Gasteiger partial charge < -0.3 is 16.0 Å². The third-order valence-electron chi connectivity index (χ3n) is 5.82. The van der Waals surface area contributed by atoms with E-state index in [1.165, 1.54) is 35.6 Å². The third kappa shape index (κ3) is 5.94. The average Bonchev–Trinajstić information content (AvgIpc) is 3.43. The molecule has 0 fully saturated rings. The molecule has 0 bridgehead atoms. The van der Waals surface area contributed by atoms with Crippen molar-refractivity contribution >= 4 is 52.0 Å². The number of para-hydroxylation sites is 1. The smallest absolute Gasteiger partial charge is 0.269 e. The van der Waals surface area contributed by atoms with Crippen LogP contribution in [0.25, 0.3) is 0 Å². The van der Waals surface area contributed by atoms with Gasteiger partial charge >= 0.3 is 0 Å². The van der Waals surface area contributed by atoms with Gasteiger partial charge in [-0.15, -0.1) is 11.3 Å². The molecule has 0 aliphatic carbocycles. The van der Waals surface area contributed by atoms with Crippen LogP contribution >= 0.6 is 23.1 Å². The molecule has 1 atom stereocenters. The van der Waals surface area contributed by atoms with E-state index < -0.39 is 10.8 Å². The van der Waals surface area contributed by atoms with Crippen molar-refractivity contribution in [3.05, 3.63) is 108 Å². The fourth-order valence-corrected chi connectivity index (χ4v) is 5.71. The first-order chi connectivity index (χ1) is 18.3.